The summed E-state index contributed by atoms with van der Waals surface area (Å²) in [5.41, 5.74) is 0.374. The standard InChI is InChI=1S/C15H33NO/c1-7-9-15(6,13-16-11-8-2)10-12-17-14(3,4)5/h16H,7-13H2,1-6H3. The van der Waals surface area contributed by atoms with Gasteiger partial charge in [0, 0.05) is 13.2 Å². The maximum atomic E-state index is 5.85. The molecule has 1 N–H and O–H groups in total. The second-order valence-electron chi connectivity index (χ2n) is 6.45. The number of hydrogen-bond donors (Lipinski definition) is 1. The Bertz CT molecular complexity index is 186. The lowest BCUT2D eigenvalue weighted by atomic mass is 9.82. The molecule has 0 aliphatic carbocycles. The monoisotopic (exact) mass is 243 g/mol. The molecule has 0 saturated carbocycles. The molecule has 2 heteroatoms. The highest BCUT2D eigenvalue weighted by Crippen LogP contribution is 2.27. The Labute approximate surface area is 109 Å². The van der Waals surface area contributed by atoms with Crippen LogP contribution >= 0.6 is 0 Å². The minimum absolute atomic E-state index is 0.00995. The van der Waals surface area contributed by atoms with Gasteiger partial charge < -0.3 is 10.1 Å². The van der Waals surface area contributed by atoms with Gasteiger partial charge in [-0.2, -0.15) is 0 Å². The average molecular weight is 243 g/mol. The summed E-state index contributed by atoms with van der Waals surface area (Å²) in [6, 6.07) is 0. The molecular weight excluding hydrogens is 210 g/mol. The van der Waals surface area contributed by atoms with Crippen molar-refractivity contribution in [1.29, 1.82) is 0 Å². The van der Waals surface area contributed by atoms with Crippen molar-refractivity contribution in [3.63, 3.8) is 0 Å². The van der Waals surface area contributed by atoms with Crippen LogP contribution in [-0.2, 0) is 4.74 Å². The summed E-state index contributed by atoms with van der Waals surface area (Å²) in [6.07, 6.45) is 4.88. The molecule has 0 radical (unpaired) electrons. The van der Waals surface area contributed by atoms with Gasteiger partial charge in [-0.05, 0) is 52.0 Å². The van der Waals surface area contributed by atoms with E-state index in [1.807, 2.05) is 0 Å². The number of nitrogens with one attached hydrogen (secondary N) is 1. The third kappa shape index (κ3) is 9.61. The van der Waals surface area contributed by atoms with Gasteiger partial charge in [0.05, 0.1) is 5.60 Å². The Balaban J connectivity index is 4.02. The van der Waals surface area contributed by atoms with Crippen LogP contribution < -0.4 is 5.32 Å². The molecule has 2 nitrogen and oxygen atoms in total. The van der Waals surface area contributed by atoms with Crippen LogP contribution in [0.1, 0.15) is 67.2 Å². The van der Waals surface area contributed by atoms with Crippen LogP contribution in [0.3, 0.4) is 0 Å². The first kappa shape index (κ1) is 16.9. The highest BCUT2D eigenvalue weighted by molar-refractivity contribution is 4.77. The summed E-state index contributed by atoms with van der Waals surface area (Å²) in [5, 5.41) is 3.55. The van der Waals surface area contributed by atoms with E-state index >= 15 is 0 Å². The SMILES string of the molecule is CCCNCC(C)(CCC)CCOC(C)(C)C. The fraction of sp³-hybridized carbons (Fsp3) is 1.00. The molecule has 0 aliphatic rings. The molecule has 0 aromatic carbocycles. The molecule has 1 atom stereocenters. The summed E-state index contributed by atoms with van der Waals surface area (Å²) in [4.78, 5) is 0. The van der Waals surface area contributed by atoms with Crippen LogP contribution in [0.2, 0.25) is 0 Å². The number of hydrogen-bond acceptors (Lipinski definition) is 2. The molecule has 0 rings (SSSR count). The molecule has 0 bridgehead atoms. The van der Waals surface area contributed by atoms with Gasteiger partial charge in [-0.1, -0.05) is 27.2 Å². The predicted octanol–water partition coefficient (Wildman–Crippen LogP) is 4.00. The maximum absolute atomic E-state index is 5.85. The second-order valence-corrected chi connectivity index (χ2v) is 6.45. The van der Waals surface area contributed by atoms with Gasteiger partial charge in [-0.3, -0.25) is 0 Å². The highest BCUT2D eigenvalue weighted by atomic mass is 16.5. The van der Waals surface area contributed by atoms with Crippen molar-refractivity contribution < 1.29 is 4.74 Å². The summed E-state index contributed by atoms with van der Waals surface area (Å²) < 4.78 is 5.85. The third-order valence-electron chi connectivity index (χ3n) is 3.07. The minimum atomic E-state index is -0.00995. The van der Waals surface area contributed by atoms with Crippen molar-refractivity contribution in [3.8, 4) is 0 Å². The van der Waals surface area contributed by atoms with Gasteiger partial charge in [0.15, 0.2) is 0 Å². The van der Waals surface area contributed by atoms with Gasteiger partial charge in [-0.15, -0.1) is 0 Å². The molecule has 0 saturated heterocycles. The van der Waals surface area contributed by atoms with E-state index in [0.717, 1.165) is 26.1 Å². The highest BCUT2D eigenvalue weighted by Gasteiger charge is 2.23. The lowest BCUT2D eigenvalue weighted by molar-refractivity contribution is -0.0179. The second kappa shape index (κ2) is 8.10. The van der Waals surface area contributed by atoms with Crippen molar-refractivity contribution >= 4 is 0 Å². The smallest absolute Gasteiger partial charge is 0.0598 e. The summed E-state index contributed by atoms with van der Waals surface area (Å²) in [6.45, 7) is 16.3. The van der Waals surface area contributed by atoms with Gasteiger partial charge in [0.1, 0.15) is 0 Å². The molecule has 0 fully saturated rings. The van der Waals surface area contributed by atoms with E-state index in [9.17, 15) is 0 Å². The predicted molar refractivity (Wildman–Crippen MR) is 76.5 cm³/mol. The zero-order valence-electron chi connectivity index (χ0n) is 12.9. The zero-order valence-corrected chi connectivity index (χ0v) is 12.9. The average Bonchev–Trinajstić information content (AvgIpc) is 2.16. The van der Waals surface area contributed by atoms with E-state index < -0.39 is 0 Å². The van der Waals surface area contributed by atoms with Crippen LogP contribution in [0, 0.1) is 5.41 Å². The number of ether oxygens (including phenoxy) is 1. The van der Waals surface area contributed by atoms with E-state index in [0.29, 0.717) is 5.41 Å². The molecule has 104 valence electrons. The molecular formula is C15H33NO. The van der Waals surface area contributed by atoms with E-state index in [4.69, 9.17) is 4.74 Å². The molecule has 0 spiro atoms. The molecule has 0 aromatic heterocycles. The normalized spacial score (nSPS) is 15.9. The molecule has 17 heavy (non-hydrogen) atoms. The first-order valence-corrected chi connectivity index (χ1v) is 7.17. The Morgan fingerprint density at radius 1 is 0.941 bits per heavy atom. The largest absolute Gasteiger partial charge is 0.376 e. The van der Waals surface area contributed by atoms with Gasteiger partial charge in [0.25, 0.3) is 0 Å². The van der Waals surface area contributed by atoms with Gasteiger partial charge in [0.2, 0.25) is 0 Å². The lowest BCUT2D eigenvalue weighted by Gasteiger charge is -2.31. The topological polar surface area (TPSA) is 21.3 Å². The van der Waals surface area contributed by atoms with E-state index in [1.165, 1.54) is 19.3 Å². The van der Waals surface area contributed by atoms with Crippen molar-refractivity contribution in [1.82, 2.24) is 5.32 Å². The third-order valence-corrected chi connectivity index (χ3v) is 3.07. The summed E-state index contributed by atoms with van der Waals surface area (Å²) in [5.74, 6) is 0. The van der Waals surface area contributed by atoms with E-state index in [1.54, 1.807) is 0 Å². The van der Waals surface area contributed by atoms with E-state index in [-0.39, 0.29) is 5.60 Å². The van der Waals surface area contributed by atoms with Crippen molar-refractivity contribution in [3.05, 3.63) is 0 Å². The molecule has 0 heterocycles. The zero-order chi connectivity index (χ0) is 13.4. The first-order valence-electron chi connectivity index (χ1n) is 7.17. The Hall–Kier alpha value is -0.0800. The van der Waals surface area contributed by atoms with Crippen LogP contribution in [0.5, 0.6) is 0 Å². The Morgan fingerprint density at radius 2 is 1.59 bits per heavy atom. The molecule has 1 unspecified atom stereocenters. The Kier molecular flexibility index (Phi) is 8.06. The van der Waals surface area contributed by atoms with Gasteiger partial charge >= 0.3 is 0 Å². The first-order chi connectivity index (χ1) is 7.83. The Morgan fingerprint density at radius 3 is 2.06 bits per heavy atom. The van der Waals surface area contributed by atoms with Crippen LogP contribution in [0.25, 0.3) is 0 Å². The molecule has 0 aliphatic heterocycles. The maximum Gasteiger partial charge on any atom is 0.0598 e. The molecule has 0 aromatic rings. The lowest BCUT2D eigenvalue weighted by Crippen LogP contribution is -2.34. The van der Waals surface area contributed by atoms with E-state index in [2.05, 4.69) is 46.9 Å². The van der Waals surface area contributed by atoms with Crippen LogP contribution in [-0.4, -0.2) is 25.3 Å². The molecule has 0 amide bonds. The quantitative estimate of drug-likeness (QED) is 0.618. The fourth-order valence-corrected chi connectivity index (χ4v) is 2.08. The van der Waals surface area contributed by atoms with Crippen molar-refractivity contribution in [2.24, 2.45) is 5.41 Å². The van der Waals surface area contributed by atoms with Crippen molar-refractivity contribution in [2.75, 3.05) is 19.7 Å². The van der Waals surface area contributed by atoms with Crippen LogP contribution in [0.4, 0.5) is 0 Å². The van der Waals surface area contributed by atoms with Crippen LogP contribution in [0.15, 0.2) is 0 Å². The summed E-state index contributed by atoms with van der Waals surface area (Å²) >= 11 is 0. The number of rotatable bonds is 9. The van der Waals surface area contributed by atoms with Crippen molar-refractivity contribution in [2.45, 2.75) is 72.8 Å². The van der Waals surface area contributed by atoms with Gasteiger partial charge in [-0.25, -0.2) is 0 Å². The fourth-order valence-electron chi connectivity index (χ4n) is 2.08. The summed E-state index contributed by atoms with van der Waals surface area (Å²) in [7, 11) is 0. The minimum Gasteiger partial charge on any atom is -0.376 e.